The van der Waals surface area contributed by atoms with Crippen molar-refractivity contribution < 1.29 is 19.4 Å². The average molecular weight is 391 g/mol. The summed E-state index contributed by atoms with van der Waals surface area (Å²) in [4.78, 5) is 24.7. The lowest BCUT2D eigenvalue weighted by atomic mass is 9.47. The maximum absolute atomic E-state index is 12.8. The Hall–Kier alpha value is -0.970. The summed E-state index contributed by atoms with van der Waals surface area (Å²) in [7, 11) is 0. The van der Waals surface area contributed by atoms with Gasteiger partial charge < -0.3 is 9.84 Å². The van der Waals surface area contributed by atoms with Crippen LogP contribution in [0.25, 0.3) is 0 Å². The highest BCUT2D eigenvalue weighted by Gasteiger charge is 2.79. The lowest BCUT2D eigenvalue weighted by molar-refractivity contribution is -0.161. The number of rotatable bonds is 2. The highest BCUT2D eigenvalue weighted by Crippen LogP contribution is 2.73. The second-order valence-corrected chi connectivity index (χ2v) is 10.1. The first-order valence-corrected chi connectivity index (χ1v) is 10.6. The SMILES string of the molecule is C[C@@H]1C[C@H]2[C@@H]3CCC4=CC(=O)C=C[C@]4(C)[C@H]3[C@H]3O[C@H]3[C@]2(C)[C@@]1(O)C(=O)CCl. The van der Waals surface area contributed by atoms with Gasteiger partial charge in [-0.2, -0.15) is 0 Å². The molecule has 5 rings (SSSR count). The Morgan fingerprint density at radius 2 is 2.15 bits per heavy atom. The molecule has 27 heavy (non-hydrogen) atoms. The van der Waals surface area contributed by atoms with E-state index in [-0.39, 0.29) is 46.9 Å². The van der Waals surface area contributed by atoms with E-state index in [0.29, 0.717) is 11.8 Å². The van der Waals surface area contributed by atoms with E-state index in [2.05, 4.69) is 19.9 Å². The number of ether oxygens (including phenoxy) is 1. The van der Waals surface area contributed by atoms with Crippen molar-refractivity contribution >= 4 is 23.2 Å². The summed E-state index contributed by atoms with van der Waals surface area (Å²) in [6.07, 6.45) is 8.20. The zero-order chi connectivity index (χ0) is 19.4. The number of ketones is 2. The third-order valence-electron chi connectivity index (χ3n) is 8.95. The van der Waals surface area contributed by atoms with Crippen LogP contribution in [0.3, 0.4) is 0 Å². The Morgan fingerprint density at radius 1 is 1.41 bits per heavy atom. The number of fused-ring (bicyclic) bond motifs is 8. The largest absolute Gasteiger partial charge is 0.381 e. The van der Waals surface area contributed by atoms with E-state index in [1.165, 1.54) is 5.57 Å². The highest BCUT2D eigenvalue weighted by atomic mass is 35.5. The molecule has 9 atom stereocenters. The number of epoxide rings is 1. The second kappa shape index (κ2) is 5.34. The maximum Gasteiger partial charge on any atom is 0.179 e. The number of Topliss-reactive ketones (excluding diaryl/α,β-unsaturated/α-hetero) is 1. The molecule has 1 aliphatic heterocycles. The van der Waals surface area contributed by atoms with Crippen molar-refractivity contribution in [2.45, 2.75) is 57.8 Å². The summed E-state index contributed by atoms with van der Waals surface area (Å²) in [5, 5.41) is 11.6. The molecule has 0 spiro atoms. The predicted octanol–water partition coefficient (Wildman–Crippen LogP) is 3.07. The van der Waals surface area contributed by atoms with Gasteiger partial charge in [0.15, 0.2) is 11.6 Å². The first-order chi connectivity index (χ1) is 12.7. The molecule has 0 aromatic rings. The first-order valence-electron chi connectivity index (χ1n) is 10.1. The number of carbonyl (C=O) groups excluding carboxylic acids is 2. The molecular formula is C22H27ClO4. The molecule has 0 aromatic carbocycles. The number of hydrogen-bond donors (Lipinski definition) is 1. The normalized spacial score (nSPS) is 55.1. The van der Waals surface area contributed by atoms with E-state index in [4.69, 9.17) is 16.3 Å². The first kappa shape index (κ1) is 18.1. The van der Waals surface area contributed by atoms with Gasteiger partial charge in [-0.25, -0.2) is 0 Å². The molecule has 1 N–H and O–H groups in total. The van der Waals surface area contributed by atoms with E-state index in [1.54, 1.807) is 6.08 Å². The standard InChI is InChI=1S/C22H27ClO4/c1-11-8-15-14-5-4-12-9-13(24)6-7-20(12,2)17(14)18-19(27-18)21(15,3)22(11,26)16(25)10-23/h6-7,9,11,14-15,17-19,26H,4-5,8,10H2,1-3H3/t11-,14+,15+,17-,18-,19-,20+,21-,22+/m1/s1. The summed E-state index contributed by atoms with van der Waals surface area (Å²) in [6.45, 7) is 6.27. The fraction of sp³-hybridized carbons (Fsp3) is 0.727. The molecule has 146 valence electrons. The molecule has 5 heteroatoms. The highest BCUT2D eigenvalue weighted by molar-refractivity contribution is 6.29. The van der Waals surface area contributed by atoms with Gasteiger partial charge in [0.05, 0.1) is 18.1 Å². The van der Waals surface area contributed by atoms with Gasteiger partial charge in [-0.1, -0.05) is 32.4 Å². The van der Waals surface area contributed by atoms with Crippen molar-refractivity contribution in [3.8, 4) is 0 Å². The van der Waals surface area contributed by atoms with Gasteiger partial charge in [-0.05, 0) is 49.2 Å². The number of halogens is 1. The summed E-state index contributed by atoms with van der Waals surface area (Å²) in [6, 6.07) is 0. The fourth-order valence-electron chi connectivity index (χ4n) is 7.60. The minimum atomic E-state index is -1.42. The number of carbonyl (C=O) groups is 2. The molecular weight excluding hydrogens is 364 g/mol. The Balaban J connectivity index is 1.60. The second-order valence-electron chi connectivity index (χ2n) is 9.79. The summed E-state index contributed by atoms with van der Waals surface area (Å²) >= 11 is 5.91. The van der Waals surface area contributed by atoms with Crippen LogP contribution in [-0.2, 0) is 14.3 Å². The third-order valence-corrected chi connectivity index (χ3v) is 9.19. The van der Waals surface area contributed by atoms with Crippen LogP contribution >= 0.6 is 11.6 Å². The Bertz CT molecular complexity index is 802. The van der Waals surface area contributed by atoms with Crippen molar-refractivity contribution in [3.05, 3.63) is 23.8 Å². The third kappa shape index (κ3) is 1.93. The quantitative estimate of drug-likeness (QED) is 0.581. The van der Waals surface area contributed by atoms with Gasteiger partial charge >= 0.3 is 0 Å². The Kier molecular flexibility index (Phi) is 3.58. The molecule has 0 unspecified atom stereocenters. The number of alkyl halides is 1. The number of hydrogen-bond acceptors (Lipinski definition) is 4. The molecule has 0 amide bonds. The van der Waals surface area contributed by atoms with Gasteiger partial charge in [-0.15, -0.1) is 11.6 Å². The molecule has 5 aliphatic rings. The Morgan fingerprint density at radius 3 is 2.85 bits per heavy atom. The van der Waals surface area contributed by atoms with Gasteiger partial charge in [0.1, 0.15) is 5.60 Å². The monoisotopic (exact) mass is 390 g/mol. The van der Waals surface area contributed by atoms with Crippen molar-refractivity contribution in [3.63, 3.8) is 0 Å². The van der Waals surface area contributed by atoms with Crippen LogP contribution in [0.2, 0.25) is 0 Å². The smallest absolute Gasteiger partial charge is 0.179 e. The molecule has 3 saturated carbocycles. The molecule has 0 radical (unpaired) electrons. The van der Waals surface area contributed by atoms with Crippen LogP contribution in [0.1, 0.15) is 40.0 Å². The number of allylic oxidation sites excluding steroid dienone is 4. The van der Waals surface area contributed by atoms with Crippen molar-refractivity contribution in [2.75, 3.05) is 5.88 Å². The summed E-state index contributed by atoms with van der Waals surface area (Å²) in [5.74, 6) is 0.415. The van der Waals surface area contributed by atoms with Gasteiger partial charge in [-0.3, -0.25) is 9.59 Å². The Labute approximate surface area is 165 Å². The molecule has 4 aliphatic carbocycles. The van der Waals surface area contributed by atoms with Crippen LogP contribution in [0, 0.1) is 34.5 Å². The summed E-state index contributed by atoms with van der Waals surface area (Å²) in [5.41, 5.74) is -0.958. The van der Waals surface area contributed by atoms with Crippen molar-refractivity contribution in [1.29, 1.82) is 0 Å². The lowest BCUT2D eigenvalue weighted by Crippen LogP contribution is -2.62. The maximum atomic E-state index is 12.8. The topological polar surface area (TPSA) is 66.9 Å². The van der Waals surface area contributed by atoms with Gasteiger partial charge in [0, 0.05) is 16.7 Å². The molecule has 4 nitrogen and oxygen atoms in total. The van der Waals surface area contributed by atoms with E-state index in [9.17, 15) is 14.7 Å². The zero-order valence-corrected chi connectivity index (χ0v) is 16.8. The van der Waals surface area contributed by atoms with Crippen molar-refractivity contribution in [2.24, 2.45) is 34.5 Å². The van der Waals surface area contributed by atoms with E-state index >= 15 is 0 Å². The van der Waals surface area contributed by atoms with Crippen LogP contribution in [0.5, 0.6) is 0 Å². The predicted molar refractivity (Wildman–Crippen MR) is 101 cm³/mol. The van der Waals surface area contributed by atoms with E-state index in [0.717, 1.165) is 19.3 Å². The van der Waals surface area contributed by atoms with Crippen LogP contribution in [0.4, 0.5) is 0 Å². The molecule has 4 fully saturated rings. The minimum absolute atomic E-state index is 0.0303. The molecule has 1 saturated heterocycles. The van der Waals surface area contributed by atoms with Crippen molar-refractivity contribution in [1.82, 2.24) is 0 Å². The van der Waals surface area contributed by atoms with Gasteiger partial charge in [0.2, 0.25) is 0 Å². The lowest BCUT2D eigenvalue weighted by Gasteiger charge is -2.55. The fourth-order valence-corrected chi connectivity index (χ4v) is 7.80. The average Bonchev–Trinajstić information content (AvgIpc) is 3.40. The minimum Gasteiger partial charge on any atom is -0.381 e. The van der Waals surface area contributed by atoms with Gasteiger partial charge in [0.25, 0.3) is 0 Å². The van der Waals surface area contributed by atoms with E-state index < -0.39 is 11.0 Å². The molecule has 0 bridgehead atoms. The van der Waals surface area contributed by atoms with Crippen LogP contribution in [-0.4, -0.2) is 40.4 Å². The van der Waals surface area contributed by atoms with E-state index in [1.807, 2.05) is 13.0 Å². The zero-order valence-electron chi connectivity index (χ0n) is 16.1. The number of aliphatic hydroxyl groups is 1. The van der Waals surface area contributed by atoms with Crippen LogP contribution in [0.15, 0.2) is 23.8 Å². The molecule has 1 heterocycles. The van der Waals surface area contributed by atoms with Crippen LogP contribution < -0.4 is 0 Å². The summed E-state index contributed by atoms with van der Waals surface area (Å²) < 4.78 is 6.24. The molecule has 0 aromatic heterocycles.